The topological polar surface area (TPSA) is 108 Å². The number of rotatable bonds is 39. The van der Waals surface area contributed by atoms with Crippen molar-refractivity contribution in [2.24, 2.45) is 0 Å². The van der Waals surface area contributed by atoms with Gasteiger partial charge in [-0.1, -0.05) is 187 Å². The molecule has 0 heterocycles. The van der Waals surface area contributed by atoms with Gasteiger partial charge in [-0.2, -0.15) is 0 Å². The summed E-state index contributed by atoms with van der Waals surface area (Å²) in [5, 5.41) is 13.8. The number of unbranched alkanes of at least 4 members (excludes halogenated alkanes) is 26. The smallest absolute Gasteiger partial charge is 0.268 e. The molecule has 0 fully saturated rings. The molecule has 2 N–H and O–H groups in total. The second kappa shape index (κ2) is 35.0. The first-order chi connectivity index (χ1) is 24.5. The molecule has 8 nitrogen and oxygen atoms in total. The van der Waals surface area contributed by atoms with Crippen molar-refractivity contribution in [1.29, 1.82) is 0 Å². The van der Waals surface area contributed by atoms with Crippen LogP contribution in [0.5, 0.6) is 0 Å². The van der Waals surface area contributed by atoms with Crippen LogP contribution < -0.4 is 10.2 Å². The maximum atomic E-state index is 12.8. The van der Waals surface area contributed by atoms with Crippen LogP contribution in [0.25, 0.3) is 0 Å². The number of nitrogens with one attached hydrogen (secondary N) is 1. The number of carbonyl (C=O) groups is 1. The Labute approximate surface area is 316 Å². The van der Waals surface area contributed by atoms with Crippen LogP contribution in [0, 0.1) is 0 Å². The Balaban J connectivity index is 4.44. The average Bonchev–Trinajstić information content (AvgIpc) is 3.07. The first kappa shape index (κ1) is 50.2. The Hall–Kier alpha value is -0.760. The van der Waals surface area contributed by atoms with E-state index in [4.69, 9.17) is 9.05 Å². The summed E-state index contributed by atoms with van der Waals surface area (Å²) < 4.78 is 23.2. The van der Waals surface area contributed by atoms with Crippen LogP contribution >= 0.6 is 7.82 Å². The lowest BCUT2D eigenvalue weighted by atomic mass is 10.0. The van der Waals surface area contributed by atoms with Crippen LogP contribution in [0.4, 0.5) is 0 Å². The molecule has 9 heteroatoms. The van der Waals surface area contributed by atoms with Crippen LogP contribution in [0.1, 0.15) is 200 Å². The standard InChI is InChI=1S/C42H85N2O6P/c1-6-8-10-12-14-16-18-20-22-23-25-27-29-31-33-35-41(45)40(39-50-51(47,48)49-38-37-44(3,4)5)43-42(46)36-34-32-30-28-26-24-21-19-17-15-13-11-9-7-2/h33,35,40-41,45H,6-32,34,36-39H2,1-5H3,(H-,43,46,47,48)/b35-33+. The molecular formula is C42H85N2O6P. The van der Waals surface area contributed by atoms with Gasteiger partial charge in [0, 0.05) is 6.42 Å². The molecule has 3 atom stereocenters. The molecule has 0 aromatic heterocycles. The number of aliphatic hydroxyl groups is 1. The van der Waals surface area contributed by atoms with Crippen LogP contribution in [0.3, 0.4) is 0 Å². The van der Waals surface area contributed by atoms with Gasteiger partial charge in [-0.05, 0) is 19.3 Å². The number of phosphoric ester groups is 1. The van der Waals surface area contributed by atoms with E-state index in [-0.39, 0.29) is 19.1 Å². The molecule has 51 heavy (non-hydrogen) atoms. The zero-order chi connectivity index (χ0) is 37.9. The Morgan fingerprint density at radius 3 is 1.47 bits per heavy atom. The van der Waals surface area contributed by atoms with E-state index in [1.54, 1.807) is 6.08 Å². The van der Waals surface area contributed by atoms with Gasteiger partial charge in [-0.15, -0.1) is 0 Å². The number of amides is 1. The molecule has 0 radical (unpaired) electrons. The van der Waals surface area contributed by atoms with Gasteiger partial charge in [-0.25, -0.2) is 0 Å². The lowest BCUT2D eigenvalue weighted by molar-refractivity contribution is -0.870. The number of phosphoric acid groups is 1. The van der Waals surface area contributed by atoms with E-state index in [9.17, 15) is 19.4 Å². The predicted molar refractivity (Wildman–Crippen MR) is 215 cm³/mol. The van der Waals surface area contributed by atoms with Crippen molar-refractivity contribution >= 4 is 13.7 Å². The van der Waals surface area contributed by atoms with Gasteiger partial charge in [0.25, 0.3) is 7.82 Å². The molecule has 0 spiro atoms. The van der Waals surface area contributed by atoms with E-state index >= 15 is 0 Å². The second-order valence-electron chi connectivity index (χ2n) is 16.1. The number of likely N-dealkylation sites (N-methyl/N-ethyl adjacent to an activating group) is 1. The molecule has 0 bridgehead atoms. The Morgan fingerprint density at radius 2 is 1.06 bits per heavy atom. The summed E-state index contributed by atoms with van der Waals surface area (Å²) in [7, 11) is 1.27. The Morgan fingerprint density at radius 1 is 0.667 bits per heavy atom. The zero-order valence-corrected chi connectivity index (χ0v) is 35.2. The minimum atomic E-state index is -4.58. The summed E-state index contributed by atoms with van der Waals surface area (Å²) in [6.45, 7) is 4.65. The maximum absolute atomic E-state index is 12.8. The number of hydrogen-bond donors (Lipinski definition) is 2. The first-order valence-electron chi connectivity index (χ1n) is 21.6. The molecule has 0 saturated carbocycles. The molecule has 304 valence electrons. The minimum absolute atomic E-state index is 0.00199. The fraction of sp³-hybridized carbons (Fsp3) is 0.929. The highest BCUT2D eigenvalue weighted by Gasteiger charge is 2.23. The van der Waals surface area contributed by atoms with Gasteiger partial charge in [0.15, 0.2) is 0 Å². The summed E-state index contributed by atoms with van der Waals surface area (Å²) in [5.41, 5.74) is 0. The van der Waals surface area contributed by atoms with Gasteiger partial charge in [0.1, 0.15) is 13.2 Å². The highest BCUT2D eigenvalue weighted by Crippen LogP contribution is 2.38. The van der Waals surface area contributed by atoms with Gasteiger partial charge >= 0.3 is 0 Å². The summed E-state index contributed by atoms with van der Waals surface area (Å²) in [6, 6.07) is -0.878. The third-order valence-electron chi connectivity index (χ3n) is 9.75. The summed E-state index contributed by atoms with van der Waals surface area (Å²) in [4.78, 5) is 25.2. The molecule has 0 aliphatic heterocycles. The molecule has 0 aliphatic rings. The van der Waals surface area contributed by atoms with Gasteiger partial charge in [0.05, 0.1) is 39.9 Å². The first-order valence-corrected chi connectivity index (χ1v) is 23.0. The van der Waals surface area contributed by atoms with Crippen molar-refractivity contribution in [3.05, 3.63) is 12.2 Å². The minimum Gasteiger partial charge on any atom is -0.756 e. The van der Waals surface area contributed by atoms with Crippen molar-refractivity contribution in [3.63, 3.8) is 0 Å². The quantitative estimate of drug-likeness (QED) is 0.0281. The van der Waals surface area contributed by atoms with E-state index in [1.165, 1.54) is 141 Å². The summed E-state index contributed by atoms with van der Waals surface area (Å²) in [6.07, 6.45) is 38.1. The molecule has 0 aromatic rings. The molecule has 0 aliphatic carbocycles. The Bertz CT molecular complexity index is 850. The van der Waals surface area contributed by atoms with E-state index in [2.05, 4.69) is 19.2 Å². The van der Waals surface area contributed by atoms with Crippen molar-refractivity contribution in [2.45, 2.75) is 212 Å². The summed E-state index contributed by atoms with van der Waals surface area (Å²) in [5.74, 6) is -0.196. The largest absolute Gasteiger partial charge is 0.756 e. The predicted octanol–water partition coefficient (Wildman–Crippen LogP) is 10.9. The van der Waals surface area contributed by atoms with Gasteiger partial charge in [0.2, 0.25) is 5.91 Å². The molecule has 0 rings (SSSR count). The second-order valence-corrected chi connectivity index (χ2v) is 17.5. The fourth-order valence-corrected chi connectivity index (χ4v) is 6.99. The summed E-state index contributed by atoms with van der Waals surface area (Å²) >= 11 is 0. The highest BCUT2D eigenvalue weighted by atomic mass is 31.2. The van der Waals surface area contributed by atoms with Gasteiger partial charge < -0.3 is 28.8 Å². The lowest BCUT2D eigenvalue weighted by Gasteiger charge is -2.29. The number of allylic oxidation sites excluding steroid dienone is 1. The number of hydrogen-bond acceptors (Lipinski definition) is 6. The van der Waals surface area contributed by atoms with E-state index in [0.29, 0.717) is 17.4 Å². The van der Waals surface area contributed by atoms with Crippen LogP contribution in [-0.4, -0.2) is 68.5 Å². The van der Waals surface area contributed by atoms with Gasteiger partial charge in [-0.3, -0.25) is 9.36 Å². The van der Waals surface area contributed by atoms with E-state index < -0.39 is 20.0 Å². The monoisotopic (exact) mass is 745 g/mol. The molecular weight excluding hydrogens is 659 g/mol. The van der Waals surface area contributed by atoms with Crippen LogP contribution in [-0.2, 0) is 18.4 Å². The molecule has 3 unspecified atom stereocenters. The van der Waals surface area contributed by atoms with E-state index in [0.717, 1.165) is 38.5 Å². The molecule has 0 aromatic carbocycles. The van der Waals surface area contributed by atoms with Crippen LogP contribution in [0.15, 0.2) is 12.2 Å². The SMILES string of the molecule is CCCCCCCCCCCCCCC/C=C/C(O)C(COP(=O)([O-])OCC[N+](C)(C)C)NC(=O)CCCCCCCCCCCCCCCC. The normalized spacial score (nSPS) is 14.6. The van der Waals surface area contributed by atoms with Crippen molar-refractivity contribution in [2.75, 3.05) is 40.9 Å². The third kappa shape index (κ3) is 37.4. The number of nitrogens with zero attached hydrogens (tertiary/aromatic N) is 1. The molecule has 1 amide bonds. The number of carbonyl (C=O) groups excluding carboxylic acids is 1. The zero-order valence-electron chi connectivity index (χ0n) is 34.3. The number of aliphatic hydroxyl groups excluding tert-OH is 1. The lowest BCUT2D eigenvalue weighted by Crippen LogP contribution is -2.45. The number of quaternary nitrogens is 1. The average molecular weight is 745 g/mol. The highest BCUT2D eigenvalue weighted by molar-refractivity contribution is 7.45. The van der Waals surface area contributed by atoms with E-state index in [1.807, 2.05) is 27.2 Å². The Kier molecular flexibility index (Phi) is 34.5. The molecule has 0 saturated heterocycles. The third-order valence-corrected chi connectivity index (χ3v) is 10.7. The fourth-order valence-electron chi connectivity index (χ4n) is 6.27. The van der Waals surface area contributed by atoms with Crippen molar-refractivity contribution < 1.29 is 32.9 Å². The van der Waals surface area contributed by atoms with Crippen molar-refractivity contribution in [1.82, 2.24) is 5.32 Å². The maximum Gasteiger partial charge on any atom is 0.268 e. The van der Waals surface area contributed by atoms with Crippen LogP contribution in [0.2, 0.25) is 0 Å². The van der Waals surface area contributed by atoms with Crippen molar-refractivity contribution in [3.8, 4) is 0 Å².